The van der Waals surface area contributed by atoms with Crippen molar-refractivity contribution in [2.75, 3.05) is 0 Å². The van der Waals surface area contributed by atoms with Crippen LogP contribution in [-0.2, 0) is 0 Å². The van der Waals surface area contributed by atoms with Gasteiger partial charge in [0.2, 0.25) is 0 Å². The average Bonchev–Trinajstić information content (AvgIpc) is 1.35. The molecule has 0 aliphatic heterocycles. The molecule has 0 heterocycles. The number of rotatable bonds is 2. The van der Waals surface area contributed by atoms with Crippen molar-refractivity contribution in [1.29, 1.82) is 0 Å². The predicted octanol–water partition coefficient (Wildman–Crippen LogP) is 1.62. The minimum atomic E-state index is 0.931. The predicted molar refractivity (Wildman–Crippen MR) is 30.0 cm³/mol. The van der Waals surface area contributed by atoms with Crippen molar-refractivity contribution in [3.8, 4) is 0 Å². The molecule has 0 aliphatic carbocycles. The Kier molecular flexibility index (Phi) is 4.63. The van der Waals surface area contributed by atoms with E-state index in [4.69, 9.17) is 0 Å². The second kappa shape index (κ2) is 4.04. The Bertz CT molecular complexity index is 25.1. The molecular formula is C5H11In. The second-order valence-electron chi connectivity index (χ2n) is 1.97. The van der Waals surface area contributed by atoms with Crippen molar-refractivity contribution in [3.63, 3.8) is 0 Å². The zero-order chi connectivity index (χ0) is 4.99. The van der Waals surface area contributed by atoms with Crippen LogP contribution in [0.4, 0.5) is 0 Å². The van der Waals surface area contributed by atoms with Gasteiger partial charge in [0.25, 0.3) is 0 Å². The van der Waals surface area contributed by atoms with Crippen molar-refractivity contribution < 1.29 is 0 Å². The molecule has 6 heavy (non-hydrogen) atoms. The van der Waals surface area contributed by atoms with Gasteiger partial charge in [-0.15, -0.1) is 0 Å². The summed E-state index contributed by atoms with van der Waals surface area (Å²) in [6.07, 6.45) is 1.43. The Hall–Kier alpha value is 0.870. The van der Waals surface area contributed by atoms with Gasteiger partial charge in [0.1, 0.15) is 0 Å². The van der Waals surface area contributed by atoms with E-state index in [-0.39, 0.29) is 0 Å². The van der Waals surface area contributed by atoms with Crippen molar-refractivity contribution in [1.82, 2.24) is 0 Å². The fourth-order valence-corrected chi connectivity index (χ4v) is 2.24. The maximum atomic E-state index is 2.27. The van der Waals surface area contributed by atoms with Gasteiger partial charge in [0, 0.05) is 0 Å². The van der Waals surface area contributed by atoms with Crippen molar-refractivity contribution in [2.45, 2.75) is 24.4 Å². The van der Waals surface area contributed by atoms with Crippen LogP contribution in [0.25, 0.3) is 0 Å². The summed E-state index contributed by atoms with van der Waals surface area (Å²) in [6.45, 7) is 4.55. The van der Waals surface area contributed by atoms with Gasteiger partial charge in [-0.2, -0.15) is 0 Å². The fourth-order valence-electron chi connectivity index (χ4n) is 0.333. The summed E-state index contributed by atoms with van der Waals surface area (Å²) in [5, 5.41) is 0. The monoisotopic (exact) mass is 186 g/mol. The third kappa shape index (κ3) is 4.87. The van der Waals surface area contributed by atoms with E-state index in [2.05, 4.69) is 13.8 Å². The van der Waals surface area contributed by atoms with Crippen LogP contribution in [0.2, 0.25) is 4.18 Å². The third-order valence-electron chi connectivity index (χ3n) is 0.744. The number of hydrogen-bond donors (Lipinski definition) is 0. The molecule has 0 spiro atoms. The Balaban J connectivity index is 2.63. The first-order valence-corrected chi connectivity index (χ1v) is 4.80. The zero-order valence-electron chi connectivity index (χ0n) is 4.57. The molecule has 0 aliphatic rings. The molecule has 0 aromatic rings. The molecular weight excluding hydrogens is 175 g/mol. The van der Waals surface area contributed by atoms with E-state index in [0.29, 0.717) is 0 Å². The molecule has 0 aromatic carbocycles. The summed E-state index contributed by atoms with van der Waals surface area (Å²) in [4.78, 5) is 0. The van der Waals surface area contributed by atoms with Crippen LogP contribution < -0.4 is 0 Å². The van der Waals surface area contributed by atoms with E-state index < -0.39 is 0 Å². The van der Waals surface area contributed by atoms with Gasteiger partial charge in [0.15, 0.2) is 0 Å². The van der Waals surface area contributed by atoms with Crippen molar-refractivity contribution in [3.05, 3.63) is 0 Å². The van der Waals surface area contributed by atoms with E-state index >= 15 is 0 Å². The number of hydrogen-bond acceptors (Lipinski definition) is 0. The molecule has 0 aromatic heterocycles. The van der Waals surface area contributed by atoms with Crippen LogP contribution in [0.1, 0.15) is 20.3 Å². The van der Waals surface area contributed by atoms with E-state index in [1.54, 1.807) is 0 Å². The summed E-state index contributed by atoms with van der Waals surface area (Å²) in [5.41, 5.74) is 0. The van der Waals surface area contributed by atoms with Crippen LogP contribution in [0, 0.1) is 5.92 Å². The first kappa shape index (κ1) is 6.87. The maximum absolute atomic E-state index is 2.27. The average molecular weight is 186 g/mol. The molecule has 0 nitrogen and oxygen atoms in total. The molecule has 0 atom stereocenters. The van der Waals surface area contributed by atoms with Crippen LogP contribution in [0.15, 0.2) is 0 Å². The van der Waals surface area contributed by atoms with Gasteiger partial charge in [-0.3, -0.25) is 0 Å². The zero-order valence-corrected chi connectivity index (χ0v) is 7.86. The van der Waals surface area contributed by atoms with Gasteiger partial charge in [-0.05, 0) is 0 Å². The van der Waals surface area contributed by atoms with Gasteiger partial charge >= 0.3 is 54.7 Å². The van der Waals surface area contributed by atoms with E-state index in [1.807, 2.05) is 0 Å². The first-order chi connectivity index (χ1) is 2.77. The molecule has 0 N–H and O–H groups in total. The fraction of sp³-hybridized carbons (Fsp3) is 1.00. The summed E-state index contributed by atoms with van der Waals surface area (Å²) in [5.74, 6) is 0.931. The Morgan fingerprint density at radius 2 is 2.00 bits per heavy atom. The molecule has 0 saturated carbocycles. The summed E-state index contributed by atoms with van der Waals surface area (Å²) in [7, 11) is 0. The standard InChI is InChI=1S/C5H11.In/c1-4-5(2)3;/h5H,1,4H2,2-3H3;. The topological polar surface area (TPSA) is 0 Å². The van der Waals surface area contributed by atoms with Crippen molar-refractivity contribution >= 4 is 24.4 Å². The molecule has 0 amide bonds. The van der Waals surface area contributed by atoms with E-state index in [9.17, 15) is 0 Å². The molecule has 0 saturated heterocycles. The Morgan fingerprint density at radius 1 is 1.50 bits per heavy atom. The SMILES string of the molecule is CC(C)C[CH2][In]. The normalized spacial score (nSPS) is 9.83. The van der Waals surface area contributed by atoms with Gasteiger partial charge in [-0.1, -0.05) is 0 Å². The van der Waals surface area contributed by atoms with Crippen LogP contribution in [0.3, 0.4) is 0 Å². The van der Waals surface area contributed by atoms with Gasteiger partial charge in [0.05, 0.1) is 0 Å². The van der Waals surface area contributed by atoms with Crippen molar-refractivity contribution in [2.24, 2.45) is 5.92 Å². The molecule has 34 valence electrons. The van der Waals surface area contributed by atoms with Gasteiger partial charge in [-0.25, -0.2) is 0 Å². The molecule has 1 heteroatoms. The van der Waals surface area contributed by atoms with Gasteiger partial charge < -0.3 is 0 Å². The quantitative estimate of drug-likeness (QED) is 0.614. The molecule has 2 radical (unpaired) electrons. The second-order valence-corrected chi connectivity index (χ2v) is 3.62. The third-order valence-corrected chi connectivity index (χ3v) is 1.70. The van der Waals surface area contributed by atoms with E-state index in [1.165, 1.54) is 35.0 Å². The molecule has 0 rings (SSSR count). The van der Waals surface area contributed by atoms with Crippen LogP contribution in [0.5, 0.6) is 0 Å². The molecule has 0 unspecified atom stereocenters. The summed E-state index contributed by atoms with van der Waals surface area (Å²) < 4.78 is 1.46. The first-order valence-electron chi connectivity index (χ1n) is 2.47. The summed E-state index contributed by atoms with van der Waals surface area (Å²) >= 11 is 1.44. The summed E-state index contributed by atoms with van der Waals surface area (Å²) in [6, 6.07) is 0. The van der Waals surface area contributed by atoms with Crippen LogP contribution >= 0.6 is 0 Å². The Morgan fingerprint density at radius 3 is 2.00 bits per heavy atom. The van der Waals surface area contributed by atoms with Crippen LogP contribution in [-0.4, -0.2) is 24.4 Å². The molecule has 0 fully saturated rings. The minimum absolute atomic E-state index is 0.931. The van der Waals surface area contributed by atoms with E-state index in [0.717, 1.165) is 5.92 Å². The molecule has 0 bridgehead atoms. The Labute approximate surface area is 54.9 Å².